The van der Waals surface area contributed by atoms with Crippen molar-refractivity contribution in [2.75, 3.05) is 13.2 Å². The first-order valence-electron chi connectivity index (χ1n) is 14.5. The molecule has 1 aromatic carbocycles. The Hall–Kier alpha value is -3.72. The average molecular weight is 567 g/mol. The van der Waals surface area contributed by atoms with Crippen molar-refractivity contribution in [2.24, 2.45) is 5.92 Å². The largest absolute Gasteiger partial charge is 0.464 e. The van der Waals surface area contributed by atoms with E-state index < -0.39 is 30.0 Å². The number of amides is 3. The lowest BCUT2D eigenvalue weighted by Crippen LogP contribution is -2.62. The quantitative estimate of drug-likeness (QED) is 0.114. The number of hydrazine groups is 1. The Balaban J connectivity index is 2.10. The summed E-state index contributed by atoms with van der Waals surface area (Å²) in [7, 11) is 0. The fraction of sp³-hybridized carbons (Fsp3) is 0.500. The predicted molar refractivity (Wildman–Crippen MR) is 160 cm³/mol. The standard InChI is InChI=1S/C32H46N4O5/c1-5-7-9-14-20-28(37)34-29(24(3)4)30(38)33-27(23-25-17-12-11-13-18-25)31(39)36-21-16-19-26(35-36)32(40)41-22-15-10-8-6-2/h5-6,8,10-13,17-18,24,26-27,29,35H,1-2,7,9,14-16,19-23H2,3-4H3,(H,33,38)(H,34,37)/b10-8+/t26-,27-,29-/m0/s1. The van der Waals surface area contributed by atoms with Crippen LogP contribution in [-0.4, -0.2) is 60.0 Å². The Morgan fingerprint density at radius 3 is 2.54 bits per heavy atom. The summed E-state index contributed by atoms with van der Waals surface area (Å²) in [5, 5.41) is 7.15. The summed E-state index contributed by atoms with van der Waals surface area (Å²) in [6.45, 7) is 11.6. The van der Waals surface area contributed by atoms with E-state index in [0.29, 0.717) is 38.6 Å². The number of hydrogen-bond donors (Lipinski definition) is 3. The second-order valence-electron chi connectivity index (χ2n) is 10.5. The number of nitrogens with zero attached hydrogens (tertiary/aromatic N) is 1. The zero-order valence-corrected chi connectivity index (χ0v) is 24.5. The lowest BCUT2D eigenvalue weighted by Gasteiger charge is -2.35. The summed E-state index contributed by atoms with van der Waals surface area (Å²) in [4.78, 5) is 52.4. The molecule has 3 amide bonds. The van der Waals surface area contributed by atoms with E-state index in [1.165, 1.54) is 5.01 Å². The number of unbranched alkanes of at least 4 members (excludes halogenated alkanes) is 2. The molecule has 0 aromatic heterocycles. The molecule has 0 spiro atoms. The first-order valence-corrected chi connectivity index (χ1v) is 14.5. The van der Waals surface area contributed by atoms with Crippen molar-refractivity contribution in [3.63, 3.8) is 0 Å². The molecule has 3 atom stereocenters. The van der Waals surface area contributed by atoms with Gasteiger partial charge < -0.3 is 15.4 Å². The van der Waals surface area contributed by atoms with Crippen LogP contribution in [-0.2, 0) is 30.3 Å². The van der Waals surface area contributed by atoms with Gasteiger partial charge in [0.15, 0.2) is 0 Å². The van der Waals surface area contributed by atoms with Crippen LogP contribution in [0.4, 0.5) is 0 Å². The second-order valence-corrected chi connectivity index (χ2v) is 10.5. The maximum absolute atomic E-state index is 13.7. The Morgan fingerprint density at radius 2 is 1.85 bits per heavy atom. The predicted octanol–water partition coefficient (Wildman–Crippen LogP) is 3.77. The fourth-order valence-corrected chi connectivity index (χ4v) is 4.49. The first kappa shape index (κ1) is 33.5. The number of nitrogens with one attached hydrogen (secondary N) is 3. The molecule has 1 fully saturated rings. The fourth-order valence-electron chi connectivity index (χ4n) is 4.49. The van der Waals surface area contributed by atoms with Gasteiger partial charge in [-0.1, -0.05) is 75.1 Å². The van der Waals surface area contributed by atoms with Crippen LogP contribution in [0, 0.1) is 5.92 Å². The third-order valence-electron chi connectivity index (χ3n) is 6.76. The molecule has 9 nitrogen and oxygen atoms in total. The molecule has 3 N–H and O–H groups in total. The summed E-state index contributed by atoms with van der Waals surface area (Å²) < 4.78 is 5.37. The van der Waals surface area contributed by atoms with Gasteiger partial charge in [0, 0.05) is 19.4 Å². The number of carbonyl (C=O) groups is 4. The van der Waals surface area contributed by atoms with E-state index in [2.05, 4.69) is 29.2 Å². The maximum atomic E-state index is 13.7. The highest BCUT2D eigenvalue weighted by atomic mass is 16.5. The van der Waals surface area contributed by atoms with E-state index in [1.807, 2.05) is 56.3 Å². The molecule has 9 heteroatoms. The van der Waals surface area contributed by atoms with Gasteiger partial charge in [-0.15, -0.1) is 6.58 Å². The molecule has 0 bridgehead atoms. The molecule has 1 aliphatic heterocycles. The van der Waals surface area contributed by atoms with Crippen LogP contribution in [0.15, 0.2) is 67.8 Å². The van der Waals surface area contributed by atoms with Gasteiger partial charge in [-0.05, 0) is 50.0 Å². The van der Waals surface area contributed by atoms with Gasteiger partial charge in [-0.2, -0.15) is 0 Å². The van der Waals surface area contributed by atoms with E-state index in [1.54, 1.807) is 12.2 Å². The van der Waals surface area contributed by atoms with E-state index in [-0.39, 0.29) is 30.8 Å². The van der Waals surface area contributed by atoms with E-state index >= 15 is 0 Å². The molecule has 0 radical (unpaired) electrons. The van der Waals surface area contributed by atoms with Gasteiger partial charge in [0.2, 0.25) is 11.8 Å². The SMILES string of the molecule is C=C/C=C/CCOC(=O)[C@@H]1CCCN(C(=O)[C@H](Cc2ccccc2)NC(=O)[C@@H](NC(=O)CCCCC=C)C(C)C)N1. The van der Waals surface area contributed by atoms with Gasteiger partial charge in [-0.25, -0.2) is 5.43 Å². The number of rotatable bonds is 17. The molecule has 1 aromatic rings. The molecule has 0 unspecified atom stereocenters. The minimum Gasteiger partial charge on any atom is -0.464 e. The molecule has 2 rings (SSSR count). The van der Waals surface area contributed by atoms with Crippen LogP contribution in [0.25, 0.3) is 0 Å². The van der Waals surface area contributed by atoms with Crippen molar-refractivity contribution in [1.29, 1.82) is 0 Å². The first-order chi connectivity index (χ1) is 19.8. The smallest absolute Gasteiger partial charge is 0.324 e. The Kier molecular flexibility index (Phi) is 15.2. The van der Waals surface area contributed by atoms with Crippen LogP contribution in [0.5, 0.6) is 0 Å². The summed E-state index contributed by atoms with van der Waals surface area (Å²) >= 11 is 0. The van der Waals surface area contributed by atoms with Crippen molar-refractivity contribution in [3.05, 3.63) is 73.4 Å². The zero-order valence-electron chi connectivity index (χ0n) is 24.5. The third kappa shape index (κ3) is 12.1. The highest BCUT2D eigenvalue weighted by Gasteiger charge is 2.35. The Labute approximate surface area is 244 Å². The molecule has 41 heavy (non-hydrogen) atoms. The van der Waals surface area contributed by atoms with Crippen LogP contribution in [0.1, 0.15) is 64.4 Å². The number of carbonyl (C=O) groups excluding carboxylic acids is 4. The third-order valence-corrected chi connectivity index (χ3v) is 6.76. The van der Waals surface area contributed by atoms with Crippen LogP contribution in [0.2, 0.25) is 0 Å². The maximum Gasteiger partial charge on any atom is 0.324 e. The summed E-state index contributed by atoms with van der Waals surface area (Å²) in [5.74, 6) is -1.59. The minimum atomic E-state index is -0.901. The summed E-state index contributed by atoms with van der Waals surface area (Å²) in [6.07, 6.45) is 11.8. The van der Waals surface area contributed by atoms with Gasteiger partial charge in [0.05, 0.1) is 6.61 Å². The van der Waals surface area contributed by atoms with E-state index in [9.17, 15) is 19.2 Å². The van der Waals surface area contributed by atoms with Gasteiger partial charge in [0.25, 0.3) is 5.91 Å². The molecule has 1 aliphatic rings. The molecule has 1 saturated heterocycles. The number of benzene rings is 1. The number of allylic oxidation sites excluding steroid dienone is 3. The molecule has 224 valence electrons. The molecular weight excluding hydrogens is 520 g/mol. The van der Waals surface area contributed by atoms with E-state index in [0.717, 1.165) is 18.4 Å². The van der Waals surface area contributed by atoms with E-state index in [4.69, 9.17) is 4.74 Å². The minimum absolute atomic E-state index is 0.187. The van der Waals surface area contributed by atoms with Crippen molar-refractivity contribution >= 4 is 23.7 Å². The molecule has 0 saturated carbocycles. The summed E-state index contributed by atoms with van der Waals surface area (Å²) in [6, 6.07) is 7.06. The summed E-state index contributed by atoms with van der Waals surface area (Å²) in [5.41, 5.74) is 3.88. The van der Waals surface area contributed by atoms with Crippen LogP contribution in [0.3, 0.4) is 0 Å². The van der Waals surface area contributed by atoms with Crippen LogP contribution < -0.4 is 16.1 Å². The average Bonchev–Trinajstić information content (AvgIpc) is 2.97. The lowest BCUT2D eigenvalue weighted by atomic mass is 10.00. The van der Waals surface area contributed by atoms with Crippen molar-refractivity contribution in [1.82, 2.24) is 21.1 Å². The normalized spacial score (nSPS) is 16.6. The van der Waals surface area contributed by atoms with Crippen LogP contribution >= 0.6 is 0 Å². The number of esters is 1. The highest BCUT2D eigenvalue weighted by molar-refractivity contribution is 5.92. The topological polar surface area (TPSA) is 117 Å². The van der Waals surface area contributed by atoms with Gasteiger partial charge in [-0.3, -0.25) is 24.2 Å². The van der Waals surface area contributed by atoms with Crippen molar-refractivity contribution in [3.8, 4) is 0 Å². The highest BCUT2D eigenvalue weighted by Crippen LogP contribution is 2.14. The molecular formula is C32H46N4O5. The number of hydrogen-bond acceptors (Lipinski definition) is 6. The van der Waals surface area contributed by atoms with Crippen molar-refractivity contribution in [2.45, 2.75) is 83.3 Å². The lowest BCUT2D eigenvalue weighted by molar-refractivity contribution is -0.153. The van der Waals surface area contributed by atoms with Crippen molar-refractivity contribution < 1.29 is 23.9 Å². The Bertz CT molecular complexity index is 1040. The second kappa shape index (κ2) is 18.6. The Morgan fingerprint density at radius 1 is 1.10 bits per heavy atom. The molecule has 1 heterocycles. The monoisotopic (exact) mass is 566 g/mol. The van der Waals surface area contributed by atoms with Gasteiger partial charge in [0.1, 0.15) is 18.1 Å². The zero-order chi connectivity index (χ0) is 30.0. The number of ether oxygens (including phenoxy) is 1. The molecule has 0 aliphatic carbocycles. The van der Waals surface area contributed by atoms with Gasteiger partial charge >= 0.3 is 5.97 Å².